The summed E-state index contributed by atoms with van der Waals surface area (Å²) in [6.07, 6.45) is 9.50. The van der Waals surface area contributed by atoms with Crippen LogP contribution in [0.2, 0.25) is 0 Å². The Morgan fingerprint density at radius 2 is 1.76 bits per heavy atom. The molecule has 0 amide bonds. The molecule has 0 aliphatic carbocycles. The van der Waals surface area contributed by atoms with E-state index in [-0.39, 0.29) is 5.82 Å². The molecule has 4 aromatic heterocycles. The molecular formula is C27H21FN6. The van der Waals surface area contributed by atoms with Crippen molar-refractivity contribution in [2.45, 2.75) is 6.92 Å². The summed E-state index contributed by atoms with van der Waals surface area (Å²) >= 11 is 0. The Kier molecular flexibility index (Phi) is 4.80. The van der Waals surface area contributed by atoms with E-state index in [9.17, 15) is 4.39 Å². The van der Waals surface area contributed by atoms with E-state index < -0.39 is 0 Å². The van der Waals surface area contributed by atoms with E-state index in [4.69, 9.17) is 0 Å². The van der Waals surface area contributed by atoms with Crippen LogP contribution in [0, 0.1) is 5.82 Å². The van der Waals surface area contributed by atoms with E-state index in [1.807, 2.05) is 18.2 Å². The fourth-order valence-corrected chi connectivity index (χ4v) is 4.22. The van der Waals surface area contributed by atoms with Crippen molar-refractivity contribution in [2.75, 3.05) is 11.9 Å². The van der Waals surface area contributed by atoms with Crippen molar-refractivity contribution in [2.24, 2.45) is 0 Å². The number of rotatable bonds is 3. The van der Waals surface area contributed by atoms with Gasteiger partial charge >= 0.3 is 0 Å². The van der Waals surface area contributed by atoms with E-state index in [0.717, 1.165) is 62.6 Å². The highest BCUT2D eigenvalue weighted by atomic mass is 19.1. The Morgan fingerprint density at radius 3 is 2.59 bits per heavy atom. The molecule has 0 fully saturated rings. The highest BCUT2D eigenvalue weighted by Crippen LogP contribution is 2.37. The molecule has 1 aromatic carbocycles. The first kappa shape index (κ1) is 20.1. The lowest BCUT2D eigenvalue weighted by Crippen LogP contribution is -2.06. The first-order valence-electron chi connectivity index (χ1n) is 11.0. The number of aromatic nitrogens is 5. The Balaban J connectivity index is 1.48. The van der Waals surface area contributed by atoms with Crippen LogP contribution in [0.3, 0.4) is 0 Å². The van der Waals surface area contributed by atoms with Crippen LogP contribution in [-0.2, 0) is 0 Å². The zero-order valence-electron chi connectivity index (χ0n) is 18.4. The lowest BCUT2D eigenvalue weighted by Gasteiger charge is -2.14. The minimum absolute atomic E-state index is 0.253. The molecule has 0 saturated heterocycles. The number of fused-ring (bicyclic) bond motifs is 2. The number of halogens is 1. The van der Waals surface area contributed by atoms with E-state index in [1.54, 1.807) is 30.7 Å². The zero-order valence-corrected chi connectivity index (χ0v) is 18.4. The number of pyridine rings is 2. The van der Waals surface area contributed by atoms with Gasteiger partial charge in [0.05, 0.1) is 23.1 Å². The summed E-state index contributed by atoms with van der Waals surface area (Å²) in [5.41, 5.74) is 8.53. The molecule has 6 rings (SSSR count). The maximum Gasteiger partial charge on any atom is 0.123 e. The molecular weight excluding hydrogens is 427 g/mol. The second kappa shape index (κ2) is 8.12. The Labute approximate surface area is 195 Å². The summed E-state index contributed by atoms with van der Waals surface area (Å²) < 4.78 is 13.6. The van der Waals surface area contributed by atoms with E-state index in [1.165, 1.54) is 17.7 Å². The molecule has 5 heterocycles. The Bertz CT molecular complexity index is 1560. The first-order valence-corrected chi connectivity index (χ1v) is 11.0. The zero-order chi connectivity index (χ0) is 23.1. The van der Waals surface area contributed by atoms with Crippen LogP contribution >= 0.6 is 0 Å². The summed E-state index contributed by atoms with van der Waals surface area (Å²) in [6.45, 7) is 2.80. The predicted octanol–water partition coefficient (Wildman–Crippen LogP) is 5.96. The summed E-state index contributed by atoms with van der Waals surface area (Å²) in [5.74, 6) is 0.647. The van der Waals surface area contributed by atoms with Gasteiger partial charge in [0.2, 0.25) is 0 Å². The molecule has 0 radical (unpaired) electrons. The van der Waals surface area contributed by atoms with Crippen molar-refractivity contribution < 1.29 is 4.39 Å². The number of nitrogens with zero attached hydrogens (tertiary/aromatic N) is 3. The Morgan fingerprint density at radius 1 is 0.941 bits per heavy atom. The van der Waals surface area contributed by atoms with E-state index in [0.29, 0.717) is 0 Å². The quantitative estimate of drug-likeness (QED) is 0.318. The number of aromatic amines is 2. The van der Waals surface area contributed by atoms with Gasteiger partial charge in [-0.05, 0) is 54.5 Å². The topological polar surface area (TPSA) is 82.3 Å². The van der Waals surface area contributed by atoms with Gasteiger partial charge in [-0.2, -0.15) is 5.10 Å². The van der Waals surface area contributed by atoms with Gasteiger partial charge in [0, 0.05) is 35.5 Å². The van der Waals surface area contributed by atoms with Gasteiger partial charge in [-0.25, -0.2) is 4.39 Å². The molecule has 1 aliphatic heterocycles. The SMILES string of the molecule is C/C1=C/C=C(/c2ccc(F)cc2)c2cc(-c3n[nH]c4cnc(-c5ccncc5)cc34)[nH]c2NC1. The smallest absolute Gasteiger partial charge is 0.123 e. The maximum atomic E-state index is 13.6. The van der Waals surface area contributed by atoms with Crippen LogP contribution < -0.4 is 5.32 Å². The van der Waals surface area contributed by atoms with Crippen LogP contribution in [0.1, 0.15) is 18.1 Å². The van der Waals surface area contributed by atoms with Crippen LogP contribution in [0.4, 0.5) is 10.2 Å². The van der Waals surface area contributed by atoms with Crippen molar-refractivity contribution in [3.8, 4) is 22.6 Å². The molecule has 3 N–H and O–H groups in total. The molecule has 0 unspecified atom stereocenters. The summed E-state index contributed by atoms with van der Waals surface area (Å²) in [4.78, 5) is 12.2. The first-order chi connectivity index (χ1) is 16.7. The number of nitrogens with one attached hydrogen (secondary N) is 3. The number of H-pyrrole nitrogens is 2. The van der Waals surface area contributed by atoms with Crippen molar-refractivity contribution in [3.63, 3.8) is 0 Å². The molecule has 166 valence electrons. The molecule has 6 nitrogen and oxygen atoms in total. The third kappa shape index (κ3) is 3.57. The number of hydrogen-bond donors (Lipinski definition) is 3. The molecule has 0 bridgehead atoms. The van der Waals surface area contributed by atoms with Gasteiger partial charge < -0.3 is 10.3 Å². The van der Waals surface area contributed by atoms with E-state index >= 15 is 0 Å². The standard InChI is InChI=1S/C27H21FN6/c1-16-2-7-20(17-3-5-19(28)6-4-17)21-12-24(32-27(21)31-14-16)26-22-13-23(18-8-10-29-11-9-18)30-15-25(22)33-34-26/h2-13,15,31-32H,14H2,1H3,(H,33,34)/b16-2-,20-7-. The van der Waals surface area contributed by atoms with Crippen LogP contribution in [0.5, 0.6) is 0 Å². The monoisotopic (exact) mass is 448 g/mol. The highest BCUT2D eigenvalue weighted by Gasteiger charge is 2.19. The number of benzene rings is 1. The molecule has 34 heavy (non-hydrogen) atoms. The van der Waals surface area contributed by atoms with Gasteiger partial charge in [0.15, 0.2) is 0 Å². The predicted molar refractivity (Wildman–Crippen MR) is 133 cm³/mol. The average Bonchev–Trinajstić information content (AvgIpc) is 3.47. The minimum Gasteiger partial charge on any atom is -0.367 e. The molecule has 0 atom stereocenters. The summed E-state index contributed by atoms with van der Waals surface area (Å²) in [6, 6.07) is 14.6. The summed E-state index contributed by atoms with van der Waals surface area (Å²) in [7, 11) is 0. The van der Waals surface area contributed by atoms with Crippen LogP contribution in [-0.4, -0.2) is 31.7 Å². The fourth-order valence-electron chi connectivity index (χ4n) is 4.22. The minimum atomic E-state index is -0.253. The lowest BCUT2D eigenvalue weighted by molar-refractivity contribution is 0.627. The normalized spacial score (nSPS) is 16.5. The lowest BCUT2D eigenvalue weighted by atomic mass is 9.97. The molecule has 0 saturated carbocycles. The van der Waals surface area contributed by atoms with Crippen molar-refractivity contribution in [1.82, 2.24) is 25.1 Å². The van der Waals surface area contributed by atoms with E-state index in [2.05, 4.69) is 55.6 Å². The summed E-state index contributed by atoms with van der Waals surface area (Å²) in [5, 5.41) is 12.2. The van der Waals surface area contributed by atoms with Gasteiger partial charge in [-0.1, -0.05) is 29.9 Å². The van der Waals surface area contributed by atoms with Crippen LogP contribution in [0.15, 0.2) is 84.8 Å². The molecule has 1 aliphatic rings. The number of hydrogen-bond acceptors (Lipinski definition) is 4. The van der Waals surface area contributed by atoms with Crippen molar-refractivity contribution in [1.29, 1.82) is 0 Å². The van der Waals surface area contributed by atoms with Gasteiger partial charge in [-0.3, -0.25) is 15.1 Å². The second-order valence-electron chi connectivity index (χ2n) is 8.35. The van der Waals surface area contributed by atoms with Crippen LogP contribution in [0.25, 0.3) is 39.1 Å². The second-order valence-corrected chi connectivity index (χ2v) is 8.35. The Hall–Kier alpha value is -4.52. The van der Waals surface area contributed by atoms with Crippen molar-refractivity contribution in [3.05, 3.63) is 102 Å². The molecule has 5 aromatic rings. The maximum absolute atomic E-state index is 13.6. The van der Waals surface area contributed by atoms with Gasteiger partial charge in [0.25, 0.3) is 0 Å². The fraction of sp³-hybridized carbons (Fsp3) is 0.0741. The third-order valence-corrected chi connectivity index (χ3v) is 6.02. The molecule has 7 heteroatoms. The van der Waals surface area contributed by atoms with Crippen molar-refractivity contribution >= 4 is 22.3 Å². The third-order valence-electron chi connectivity index (χ3n) is 6.02. The van der Waals surface area contributed by atoms with Gasteiger partial charge in [0.1, 0.15) is 17.3 Å². The number of anilines is 1. The number of allylic oxidation sites excluding steroid dienone is 2. The molecule has 0 spiro atoms. The van der Waals surface area contributed by atoms with Gasteiger partial charge in [-0.15, -0.1) is 0 Å². The largest absolute Gasteiger partial charge is 0.367 e. The average molecular weight is 449 g/mol. The highest BCUT2D eigenvalue weighted by molar-refractivity contribution is 5.96.